The van der Waals surface area contributed by atoms with Crippen molar-refractivity contribution in [1.29, 1.82) is 0 Å². The third-order valence-corrected chi connectivity index (χ3v) is 3.00. The van der Waals surface area contributed by atoms with Crippen molar-refractivity contribution in [3.05, 3.63) is 23.3 Å². The Morgan fingerprint density at radius 2 is 2.12 bits per heavy atom. The minimum atomic E-state index is 0.0894. The van der Waals surface area contributed by atoms with Crippen LogP contribution in [0.4, 0.5) is 0 Å². The van der Waals surface area contributed by atoms with Crippen molar-refractivity contribution < 1.29 is 14.3 Å². The summed E-state index contributed by atoms with van der Waals surface area (Å²) in [4.78, 5) is 11.8. The third-order valence-electron chi connectivity index (χ3n) is 3.00. The van der Waals surface area contributed by atoms with Gasteiger partial charge in [0.1, 0.15) is 11.5 Å². The van der Waals surface area contributed by atoms with E-state index in [1.807, 2.05) is 6.07 Å². The molecule has 0 saturated heterocycles. The molecule has 0 saturated carbocycles. The first-order valence-electron chi connectivity index (χ1n) is 5.20. The molecule has 86 valence electrons. The summed E-state index contributed by atoms with van der Waals surface area (Å²) < 4.78 is 10.4. The van der Waals surface area contributed by atoms with E-state index < -0.39 is 0 Å². The number of benzene rings is 1. The van der Waals surface area contributed by atoms with Crippen molar-refractivity contribution in [2.45, 2.75) is 12.3 Å². The second-order valence-electron chi connectivity index (χ2n) is 3.85. The number of carbonyl (C=O) groups is 1. The number of carbonyl (C=O) groups excluding carboxylic acids is 1. The van der Waals surface area contributed by atoms with Crippen LogP contribution in [0.5, 0.6) is 11.5 Å². The molecule has 1 unspecified atom stereocenters. The monoisotopic (exact) mass is 221 g/mol. The van der Waals surface area contributed by atoms with Crippen molar-refractivity contribution in [2.24, 2.45) is 5.73 Å². The fourth-order valence-corrected chi connectivity index (χ4v) is 2.16. The topological polar surface area (TPSA) is 61.6 Å². The van der Waals surface area contributed by atoms with Crippen LogP contribution < -0.4 is 15.2 Å². The molecule has 4 heteroatoms. The maximum Gasteiger partial charge on any atom is 0.167 e. The van der Waals surface area contributed by atoms with Crippen LogP contribution in [-0.4, -0.2) is 26.5 Å². The van der Waals surface area contributed by atoms with E-state index in [1.54, 1.807) is 20.3 Å². The van der Waals surface area contributed by atoms with E-state index in [1.165, 1.54) is 0 Å². The Labute approximate surface area is 94.3 Å². The highest BCUT2D eigenvalue weighted by Gasteiger charge is 2.32. The average Bonchev–Trinajstić information content (AvgIpc) is 2.65. The normalized spacial score (nSPS) is 18.4. The summed E-state index contributed by atoms with van der Waals surface area (Å²) in [6.45, 7) is 0.467. The largest absolute Gasteiger partial charge is 0.497 e. The predicted molar refractivity (Wildman–Crippen MR) is 60.3 cm³/mol. The number of ketones is 1. The zero-order valence-corrected chi connectivity index (χ0v) is 9.45. The summed E-state index contributed by atoms with van der Waals surface area (Å²) in [6, 6.07) is 3.61. The number of rotatable bonds is 3. The van der Waals surface area contributed by atoms with Gasteiger partial charge in [0.25, 0.3) is 0 Å². The summed E-state index contributed by atoms with van der Waals surface area (Å²) >= 11 is 0. The number of hydrogen-bond acceptors (Lipinski definition) is 4. The first-order chi connectivity index (χ1) is 7.71. The summed E-state index contributed by atoms with van der Waals surface area (Å²) in [7, 11) is 3.15. The Bertz CT molecular complexity index is 429. The lowest BCUT2D eigenvalue weighted by Crippen LogP contribution is -2.09. The van der Waals surface area contributed by atoms with E-state index in [0.717, 1.165) is 5.56 Å². The van der Waals surface area contributed by atoms with Gasteiger partial charge < -0.3 is 15.2 Å². The van der Waals surface area contributed by atoms with Crippen LogP contribution in [0.1, 0.15) is 28.3 Å². The van der Waals surface area contributed by atoms with E-state index in [9.17, 15) is 4.79 Å². The fourth-order valence-electron chi connectivity index (χ4n) is 2.16. The first-order valence-corrected chi connectivity index (χ1v) is 5.20. The lowest BCUT2D eigenvalue weighted by molar-refractivity contribution is 0.0987. The maximum absolute atomic E-state index is 11.8. The Hall–Kier alpha value is -1.55. The highest BCUT2D eigenvalue weighted by molar-refractivity contribution is 6.04. The van der Waals surface area contributed by atoms with Crippen LogP contribution in [-0.2, 0) is 0 Å². The highest BCUT2D eigenvalue weighted by Crippen LogP contribution is 2.40. The van der Waals surface area contributed by atoms with E-state index in [-0.39, 0.29) is 11.7 Å². The quantitative estimate of drug-likeness (QED) is 0.836. The summed E-state index contributed by atoms with van der Waals surface area (Å²) in [5.74, 6) is 1.47. The lowest BCUT2D eigenvalue weighted by Gasteiger charge is -2.11. The first kappa shape index (κ1) is 11.0. The van der Waals surface area contributed by atoms with Crippen LogP contribution in [0, 0.1) is 0 Å². The number of Topliss-reactive ketones (excluding diaryl/α,β-unsaturated/α-hetero) is 1. The molecule has 1 atom stereocenters. The van der Waals surface area contributed by atoms with Gasteiger partial charge in [-0.25, -0.2) is 0 Å². The summed E-state index contributed by atoms with van der Waals surface area (Å²) in [5, 5.41) is 0. The second kappa shape index (κ2) is 4.14. The SMILES string of the molecule is COc1cc(OC)c2c(c1)C(CN)CC2=O. The second-order valence-corrected chi connectivity index (χ2v) is 3.85. The smallest absolute Gasteiger partial charge is 0.167 e. The molecule has 0 aromatic heterocycles. The fraction of sp³-hybridized carbons (Fsp3) is 0.417. The van der Waals surface area contributed by atoms with E-state index in [2.05, 4.69) is 0 Å². The molecule has 0 amide bonds. The number of methoxy groups -OCH3 is 2. The standard InChI is InChI=1S/C12H15NO3/c1-15-8-4-9-7(6-13)3-10(14)12(9)11(5-8)16-2/h4-5,7H,3,6,13H2,1-2H3. The van der Waals surface area contributed by atoms with Crippen LogP contribution in [0.3, 0.4) is 0 Å². The van der Waals surface area contributed by atoms with Gasteiger partial charge >= 0.3 is 0 Å². The van der Waals surface area contributed by atoms with Gasteiger partial charge in [-0.05, 0) is 18.2 Å². The van der Waals surface area contributed by atoms with Gasteiger partial charge in [0.15, 0.2) is 5.78 Å². The average molecular weight is 221 g/mol. The van der Waals surface area contributed by atoms with Crippen LogP contribution >= 0.6 is 0 Å². The van der Waals surface area contributed by atoms with Crippen molar-refractivity contribution in [1.82, 2.24) is 0 Å². The highest BCUT2D eigenvalue weighted by atomic mass is 16.5. The Balaban J connectivity index is 2.59. The minimum Gasteiger partial charge on any atom is -0.497 e. The number of hydrogen-bond donors (Lipinski definition) is 1. The molecule has 1 aliphatic rings. The maximum atomic E-state index is 11.8. The lowest BCUT2D eigenvalue weighted by atomic mass is 10.0. The molecule has 16 heavy (non-hydrogen) atoms. The summed E-state index contributed by atoms with van der Waals surface area (Å²) in [5.41, 5.74) is 7.27. The minimum absolute atomic E-state index is 0.0894. The van der Waals surface area contributed by atoms with Crippen molar-refractivity contribution in [3.63, 3.8) is 0 Å². The van der Waals surface area contributed by atoms with Crippen LogP contribution in [0.15, 0.2) is 12.1 Å². The van der Waals surface area contributed by atoms with E-state index >= 15 is 0 Å². The molecule has 4 nitrogen and oxygen atoms in total. The van der Waals surface area contributed by atoms with Crippen molar-refractivity contribution >= 4 is 5.78 Å². The Morgan fingerprint density at radius 3 is 2.69 bits per heavy atom. The third kappa shape index (κ3) is 1.55. The van der Waals surface area contributed by atoms with Gasteiger partial charge in [0.05, 0.1) is 19.8 Å². The van der Waals surface area contributed by atoms with E-state index in [4.69, 9.17) is 15.2 Å². The van der Waals surface area contributed by atoms with Gasteiger partial charge in [-0.1, -0.05) is 0 Å². The number of nitrogens with two attached hydrogens (primary N) is 1. The molecule has 1 aliphatic carbocycles. The molecular weight excluding hydrogens is 206 g/mol. The van der Waals surface area contributed by atoms with Crippen LogP contribution in [0.25, 0.3) is 0 Å². The summed E-state index contributed by atoms with van der Waals surface area (Å²) in [6.07, 6.45) is 0.468. The van der Waals surface area contributed by atoms with Gasteiger partial charge in [-0.2, -0.15) is 0 Å². The van der Waals surface area contributed by atoms with Gasteiger partial charge in [-0.3, -0.25) is 4.79 Å². The molecular formula is C12H15NO3. The molecule has 1 aromatic carbocycles. The number of fused-ring (bicyclic) bond motifs is 1. The molecule has 2 rings (SSSR count). The van der Waals surface area contributed by atoms with Gasteiger partial charge in [0.2, 0.25) is 0 Å². The predicted octanol–water partition coefficient (Wildman–Crippen LogP) is 1.33. The Kier molecular flexibility index (Phi) is 2.83. The molecule has 0 bridgehead atoms. The Morgan fingerprint density at radius 1 is 1.38 bits per heavy atom. The van der Waals surface area contributed by atoms with Crippen LogP contribution in [0.2, 0.25) is 0 Å². The molecule has 0 spiro atoms. The molecule has 2 N–H and O–H groups in total. The molecule has 1 aromatic rings. The van der Waals surface area contributed by atoms with Crippen molar-refractivity contribution in [2.75, 3.05) is 20.8 Å². The molecule has 0 aliphatic heterocycles. The molecule has 0 fully saturated rings. The van der Waals surface area contributed by atoms with Gasteiger partial charge in [-0.15, -0.1) is 0 Å². The zero-order valence-electron chi connectivity index (χ0n) is 9.45. The van der Waals surface area contributed by atoms with E-state index in [0.29, 0.717) is 30.0 Å². The van der Waals surface area contributed by atoms with Crippen molar-refractivity contribution in [3.8, 4) is 11.5 Å². The molecule has 0 heterocycles. The number of ether oxygens (including phenoxy) is 2. The zero-order chi connectivity index (χ0) is 11.7. The molecule has 0 radical (unpaired) electrons. The van der Waals surface area contributed by atoms with Gasteiger partial charge in [0, 0.05) is 18.4 Å².